The van der Waals surface area contributed by atoms with Gasteiger partial charge in [0.25, 0.3) is 0 Å². The summed E-state index contributed by atoms with van der Waals surface area (Å²) >= 11 is 0. The summed E-state index contributed by atoms with van der Waals surface area (Å²) in [5.74, 6) is 0.442. The molecule has 2 amide bonds. The van der Waals surface area contributed by atoms with Crippen LogP contribution >= 0.6 is 0 Å². The number of carbonyl (C=O) groups is 1. The molecule has 5 nitrogen and oxygen atoms in total. The van der Waals surface area contributed by atoms with Gasteiger partial charge in [0.1, 0.15) is 0 Å². The third-order valence-electron chi connectivity index (χ3n) is 3.96. The van der Waals surface area contributed by atoms with Crippen LogP contribution in [0.2, 0.25) is 0 Å². The highest BCUT2D eigenvalue weighted by atomic mass is 16.3. The molecule has 5 heteroatoms. The van der Waals surface area contributed by atoms with Crippen molar-refractivity contribution >= 4 is 11.7 Å². The van der Waals surface area contributed by atoms with Crippen LogP contribution in [0.5, 0.6) is 0 Å². The van der Waals surface area contributed by atoms with Gasteiger partial charge < -0.3 is 20.6 Å². The van der Waals surface area contributed by atoms with Crippen molar-refractivity contribution < 1.29 is 9.90 Å². The van der Waals surface area contributed by atoms with E-state index in [1.165, 1.54) is 5.69 Å². The van der Waals surface area contributed by atoms with E-state index in [0.29, 0.717) is 5.92 Å². The molecular formula is C17H27N3O2. The topological polar surface area (TPSA) is 64.6 Å². The predicted octanol–water partition coefficient (Wildman–Crippen LogP) is 1.97. The number of urea groups is 1. The number of para-hydroxylation sites is 1. The van der Waals surface area contributed by atoms with Crippen LogP contribution in [0.3, 0.4) is 0 Å². The van der Waals surface area contributed by atoms with E-state index < -0.39 is 0 Å². The van der Waals surface area contributed by atoms with Gasteiger partial charge in [0.2, 0.25) is 0 Å². The number of carbonyl (C=O) groups excluding carboxylic acids is 1. The van der Waals surface area contributed by atoms with E-state index >= 15 is 0 Å². The molecular weight excluding hydrogens is 278 g/mol. The van der Waals surface area contributed by atoms with E-state index in [0.717, 1.165) is 25.9 Å². The average molecular weight is 305 g/mol. The highest BCUT2D eigenvalue weighted by molar-refractivity contribution is 5.74. The highest BCUT2D eigenvalue weighted by Gasteiger charge is 2.24. The largest absolute Gasteiger partial charge is 0.394 e. The maximum atomic E-state index is 12.0. The number of anilines is 1. The van der Waals surface area contributed by atoms with Crippen molar-refractivity contribution in [2.24, 2.45) is 5.92 Å². The maximum absolute atomic E-state index is 12.0. The molecule has 0 unspecified atom stereocenters. The zero-order valence-corrected chi connectivity index (χ0v) is 13.5. The number of nitrogens with zero attached hydrogens (tertiary/aromatic N) is 1. The molecule has 1 aliphatic heterocycles. The molecule has 2 atom stereocenters. The lowest BCUT2D eigenvalue weighted by molar-refractivity contribution is 0.205. The van der Waals surface area contributed by atoms with Gasteiger partial charge in [-0.3, -0.25) is 0 Å². The van der Waals surface area contributed by atoms with Gasteiger partial charge >= 0.3 is 6.03 Å². The zero-order chi connectivity index (χ0) is 15.9. The van der Waals surface area contributed by atoms with Gasteiger partial charge in [-0.25, -0.2) is 4.79 Å². The number of amides is 2. The minimum Gasteiger partial charge on any atom is -0.394 e. The van der Waals surface area contributed by atoms with E-state index in [1.807, 2.05) is 18.2 Å². The molecule has 1 saturated heterocycles. The van der Waals surface area contributed by atoms with Crippen molar-refractivity contribution in [3.63, 3.8) is 0 Å². The summed E-state index contributed by atoms with van der Waals surface area (Å²) in [5, 5.41) is 15.2. The Kier molecular flexibility index (Phi) is 6.07. The van der Waals surface area contributed by atoms with Crippen molar-refractivity contribution in [3.8, 4) is 0 Å². The number of benzene rings is 1. The van der Waals surface area contributed by atoms with Crippen LogP contribution in [0.25, 0.3) is 0 Å². The Morgan fingerprint density at radius 2 is 2.09 bits per heavy atom. The number of hydrogen-bond donors (Lipinski definition) is 3. The van der Waals surface area contributed by atoms with Gasteiger partial charge in [0, 0.05) is 24.8 Å². The summed E-state index contributed by atoms with van der Waals surface area (Å²) in [7, 11) is 0. The smallest absolute Gasteiger partial charge is 0.315 e. The number of nitrogens with one attached hydrogen (secondary N) is 2. The standard InChI is InChI=1S/C17H27N3O2/c1-13(2)10-15(12-21)19-17(22)18-14-8-9-20(11-14)16-6-4-3-5-7-16/h3-7,13-15,21H,8-12H2,1-2H3,(H2,18,19,22)/t14-,15+/m0/s1. The Hall–Kier alpha value is -1.75. The van der Waals surface area contributed by atoms with E-state index in [4.69, 9.17) is 0 Å². The van der Waals surface area contributed by atoms with E-state index in [9.17, 15) is 9.90 Å². The molecule has 0 bridgehead atoms. The number of hydrogen-bond acceptors (Lipinski definition) is 3. The molecule has 122 valence electrons. The Morgan fingerprint density at radius 1 is 1.36 bits per heavy atom. The van der Waals surface area contributed by atoms with Crippen molar-refractivity contribution in [2.75, 3.05) is 24.6 Å². The van der Waals surface area contributed by atoms with Gasteiger partial charge in [-0.15, -0.1) is 0 Å². The fourth-order valence-corrected chi connectivity index (χ4v) is 2.91. The van der Waals surface area contributed by atoms with Crippen molar-refractivity contribution in [3.05, 3.63) is 30.3 Å². The fourth-order valence-electron chi connectivity index (χ4n) is 2.91. The molecule has 1 aromatic rings. The summed E-state index contributed by atoms with van der Waals surface area (Å²) < 4.78 is 0. The average Bonchev–Trinajstić information content (AvgIpc) is 2.95. The van der Waals surface area contributed by atoms with E-state index in [-0.39, 0.29) is 24.7 Å². The van der Waals surface area contributed by atoms with Crippen LogP contribution in [-0.4, -0.2) is 42.9 Å². The fraction of sp³-hybridized carbons (Fsp3) is 0.588. The second kappa shape index (κ2) is 8.03. The molecule has 0 spiro atoms. The molecule has 1 fully saturated rings. The lowest BCUT2D eigenvalue weighted by Gasteiger charge is -2.21. The van der Waals surface area contributed by atoms with Crippen LogP contribution in [0, 0.1) is 5.92 Å². The van der Waals surface area contributed by atoms with Gasteiger partial charge in [-0.2, -0.15) is 0 Å². The molecule has 2 rings (SSSR count). The monoisotopic (exact) mass is 305 g/mol. The van der Waals surface area contributed by atoms with Crippen LogP contribution in [0.15, 0.2) is 30.3 Å². The summed E-state index contributed by atoms with van der Waals surface area (Å²) in [6.07, 6.45) is 1.72. The maximum Gasteiger partial charge on any atom is 0.315 e. The van der Waals surface area contributed by atoms with Crippen molar-refractivity contribution in [1.82, 2.24) is 10.6 Å². The molecule has 0 saturated carbocycles. The number of aliphatic hydroxyl groups is 1. The van der Waals surface area contributed by atoms with Gasteiger partial charge in [0.05, 0.1) is 12.6 Å². The molecule has 1 aromatic carbocycles. The molecule has 0 radical (unpaired) electrons. The lowest BCUT2D eigenvalue weighted by Crippen LogP contribution is -2.48. The van der Waals surface area contributed by atoms with Crippen LogP contribution in [0.4, 0.5) is 10.5 Å². The summed E-state index contributed by atoms with van der Waals surface area (Å²) in [6, 6.07) is 10.0. The first-order chi connectivity index (χ1) is 10.6. The number of rotatable bonds is 6. The quantitative estimate of drug-likeness (QED) is 0.753. The van der Waals surface area contributed by atoms with Crippen LogP contribution in [0.1, 0.15) is 26.7 Å². The molecule has 22 heavy (non-hydrogen) atoms. The molecule has 0 aromatic heterocycles. The summed E-state index contributed by atoms with van der Waals surface area (Å²) in [4.78, 5) is 14.3. The Morgan fingerprint density at radius 3 is 2.73 bits per heavy atom. The van der Waals surface area contributed by atoms with Gasteiger partial charge in [-0.1, -0.05) is 32.0 Å². The molecule has 0 aliphatic carbocycles. The highest BCUT2D eigenvalue weighted by Crippen LogP contribution is 2.19. The number of aliphatic hydroxyl groups excluding tert-OH is 1. The van der Waals surface area contributed by atoms with E-state index in [1.54, 1.807) is 0 Å². The minimum absolute atomic E-state index is 0.0214. The molecule has 3 N–H and O–H groups in total. The van der Waals surface area contributed by atoms with Crippen LogP contribution in [-0.2, 0) is 0 Å². The first-order valence-corrected chi connectivity index (χ1v) is 8.06. The Labute approximate surface area is 132 Å². The third kappa shape index (κ3) is 4.91. The normalized spacial score (nSPS) is 19.3. The second-order valence-electron chi connectivity index (χ2n) is 6.39. The van der Waals surface area contributed by atoms with Crippen molar-refractivity contribution in [2.45, 2.75) is 38.8 Å². The summed E-state index contributed by atoms with van der Waals surface area (Å²) in [5.41, 5.74) is 1.19. The second-order valence-corrected chi connectivity index (χ2v) is 6.39. The predicted molar refractivity (Wildman–Crippen MR) is 89.1 cm³/mol. The first-order valence-electron chi connectivity index (χ1n) is 8.06. The summed E-state index contributed by atoms with van der Waals surface area (Å²) in [6.45, 7) is 5.91. The van der Waals surface area contributed by atoms with Crippen LogP contribution < -0.4 is 15.5 Å². The van der Waals surface area contributed by atoms with Crippen molar-refractivity contribution in [1.29, 1.82) is 0 Å². The SMILES string of the molecule is CC(C)C[C@H](CO)NC(=O)N[C@H]1CCN(c2ccccc2)C1. The Balaban J connectivity index is 1.78. The third-order valence-corrected chi connectivity index (χ3v) is 3.96. The Bertz CT molecular complexity index is 464. The molecule has 1 aliphatic rings. The minimum atomic E-state index is -0.181. The van der Waals surface area contributed by atoms with Gasteiger partial charge in [0.15, 0.2) is 0 Å². The molecule has 1 heterocycles. The van der Waals surface area contributed by atoms with Gasteiger partial charge in [-0.05, 0) is 30.9 Å². The first kappa shape index (κ1) is 16.6. The van der Waals surface area contributed by atoms with E-state index in [2.05, 4.69) is 41.5 Å². The zero-order valence-electron chi connectivity index (χ0n) is 13.5. The lowest BCUT2D eigenvalue weighted by atomic mass is 10.0.